The fourth-order valence-corrected chi connectivity index (χ4v) is 5.50. The van der Waals surface area contributed by atoms with Crippen molar-refractivity contribution in [1.82, 2.24) is 25.0 Å². The Labute approximate surface area is 205 Å². The van der Waals surface area contributed by atoms with Crippen LogP contribution in [0.3, 0.4) is 0 Å². The van der Waals surface area contributed by atoms with Gasteiger partial charge in [-0.05, 0) is 17.7 Å². The molecule has 8 nitrogen and oxygen atoms in total. The summed E-state index contributed by atoms with van der Waals surface area (Å²) in [4.78, 5) is 23.2. The number of aliphatic imine (C=N–C) groups is 1. The molecule has 6 rings (SSSR count). The summed E-state index contributed by atoms with van der Waals surface area (Å²) in [6, 6.07) is 3.62. The number of hydrogen-bond acceptors (Lipinski definition) is 7. The Kier molecular flexibility index (Phi) is 5.11. The first-order valence-electron chi connectivity index (χ1n) is 10.5. The van der Waals surface area contributed by atoms with Gasteiger partial charge in [0.2, 0.25) is 0 Å². The first kappa shape index (κ1) is 22.1. The Balaban J connectivity index is 1.57. The quantitative estimate of drug-likeness (QED) is 0.542. The monoisotopic (exact) mass is 520 g/mol. The van der Waals surface area contributed by atoms with E-state index in [2.05, 4.69) is 15.4 Å². The van der Waals surface area contributed by atoms with Crippen LogP contribution in [-0.2, 0) is 4.74 Å². The van der Waals surface area contributed by atoms with E-state index in [4.69, 9.17) is 21.3 Å². The first-order chi connectivity index (χ1) is 16.8. The van der Waals surface area contributed by atoms with E-state index in [0.29, 0.717) is 45.2 Å². The molecule has 2 saturated heterocycles. The molecule has 0 saturated carbocycles. The van der Waals surface area contributed by atoms with Crippen LogP contribution in [0.15, 0.2) is 52.9 Å². The SMILES string of the molecule is O=C1N[C@@]2(CO1)CC1=C(c3cnn(C(F)F)c3)[C@@H](c3ccc(Cl)c(F)c3)N=C(c3nccs3)N1C2. The molecule has 0 unspecified atom stereocenters. The maximum atomic E-state index is 14.5. The molecule has 1 amide bonds. The van der Waals surface area contributed by atoms with Crippen molar-refractivity contribution in [2.45, 2.75) is 24.6 Å². The Bertz CT molecular complexity index is 1390. The van der Waals surface area contributed by atoms with Gasteiger partial charge in [-0.15, -0.1) is 11.3 Å². The van der Waals surface area contributed by atoms with E-state index >= 15 is 0 Å². The molecule has 2 fully saturated rings. The second kappa shape index (κ2) is 8.09. The second-order valence-electron chi connectivity index (χ2n) is 8.46. The summed E-state index contributed by atoms with van der Waals surface area (Å²) in [6.45, 7) is -2.34. The van der Waals surface area contributed by atoms with Gasteiger partial charge in [0.1, 0.15) is 24.0 Å². The summed E-state index contributed by atoms with van der Waals surface area (Å²) in [5, 5.41) is 9.09. The number of cyclic esters (lactones) is 1. The van der Waals surface area contributed by atoms with E-state index in [-0.39, 0.29) is 11.6 Å². The normalized spacial score (nSPS) is 23.7. The highest BCUT2D eigenvalue weighted by Gasteiger charge is 2.51. The number of nitrogens with zero attached hydrogens (tertiary/aromatic N) is 5. The van der Waals surface area contributed by atoms with Crippen molar-refractivity contribution in [3.63, 3.8) is 0 Å². The van der Waals surface area contributed by atoms with Gasteiger partial charge in [-0.2, -0.15) is 13.9 Å². The smallest absolute Gasteiger partial charge is 0.407 e. The number of amides is 1. The zero-order valence-electron chi connectivity index (χ0n) is 17.8. The number of carbonyl (C=O) groups is 1. The number of alkyl halides is 2. The summed E-state index contributed by atoms with van der Waals surface area (Å²) in [5.74, 6) is -0.0806. The number of thiazole rings is 1. The molecule has 2 aromatic heterocycles. The molecule has 35 heavy (non-hydrogen) atoms. The van der Waals surface area contributed by atoms with Crippen LogP contribution in [0.25, 0.3) is 5.57 Å². The maximum Gasteiger partial charge on any atom is 0.407 e. The van der Waals surface area contributed by atoms with Crippen LogP contribution < -0.4 is 5.32 Å². The number of carbonyl (C=O) groups excluding carboxylic acids is 1. The van der Waals surface area contributed by atoms with E-state index < -0.39 is 30.0 Å². The van der Waals surface area contributed by atoms with Gasteiger partial charge in [0.15, 0.2) is 10.8 Å². The van der Waals surface area contributed by atoms with E-state index in [1.807, 2.05) is 10.3 Å². The van der Waals surface area contributed by atoms with Gasteiger partial charge in [-0.25, -0.2) is 18.9 Å². The maximum absolute atomic E-state index is 14.5. The molecule has 3 aliphatic rings. The molecule has 13 heteroatoms. The number of alkyl carbamates (subject to hydrolysis) is 1. The van der Waals surface area contributed by atoms with Crippen LogP contribution in [0.5, 0.6) is 0 Å². The van der Waals surface area contributed by atoms with Crippen LogP contribution >= 0.6 is 22.9 Å². The Hall–Kier alpha value is -3.38. The van der Waals surface area contributed by atoms with Crippen LogP contribution in [0.2, 0.25) is 5.02 Å². The average molecular weight is 521 g/mol. The van der Waals surface area contributed by atoms with Crippen molar-refractivity contribution in [3.8, 4) is 0 Å². The molecule has 2 atom stereocenters. The van der Waals surface area contributed by atoms with E-state index in [1.54, 1.807) is 12.3 Å². The van der Waals surface area contributed by atoms with E-state index in [9.17, 15) is 18.0 Å². The minimum absolute atomic E-state index is 0.0410. The minimum atomic E-state index is -2.83. The van der Waals surface area contributed by atoms with Crippen molar-refractivity contribution in [3.05, 3.63) is 74.8 Å². The molecule has 0 aliphatic carbocycles. The number of amidine groups is 1. The largest absolute Gasteiger partial charge is 0.447 e. The van der Waals surface area contributed by atoms with E-state index in [1.165, 1.54) is 35.9 Å². The van der Waals surface area contributed by atoms with E-state index in [0.717, 1.165) is 5.70 Å². The third-order valence-corrected chi connectivity index (χ3v) is 7.30. The zero-order valence-corrected chi connectivity index (χ0v) is 19.4. The lowest BCUT2D eigenvalue weighted by Crippen LogP contribution is -2.46. The topological polar surface area (TPSA) is 84.6 Å². The van der Waals surface area contributed by atoms with Crippen molar-refractivity contribution < 1.29 is 22.7 Å². The second-order valence-corrected chi connectivity index (χ2v) is 9.76. The molecule has 0 radical (unpaired) electrons. The number of nitrogens with one attached hydrogen (secondary N) is 1. The zero-order chi connectivity index (χ0) is 24.3. The molecule has 1 N–H and O–H groups in total. The number of benzene rings is 1. The van der Waals surface area contributed by atoms with Gasteiger partial charge in [-0.3, -0.25) is 4.99 Å². The first-order valence-corrected chi connectivity index (χ1v) is 11.8. The summed E-state index contributed by atoms with van der Waals surface area (Å²) < 4.78 is 47.0. The van der Waals surface area contributed by atoms with Crippen LogP contribution in [0.1, 0.15) is 35.1 Å². The fourth-order valence-electron chi connectivity index (χ4n) is 4.74. The van der Waals surface area contributed by atoms with Gasteiger partial charge in [-0.1, -0.05) is 17.7 Å². The average Bonchev–Trinajstić information content (AvgIpc) is 3.62. The number of rotatable bonds is 4. The number of halogens is 4. The predicted molar refractivity (Wildman–Crippen MR) is 122 cm³/mol. The highest BCUT2D eigenvalue weighted by molar-refractivity contribution is 7.11. The molecule has 1 spiro atoms. The highest BCUT2D eigenvalue weighted by atomic mass is 35.5. The molecular weight excluding hydrogens is 505 g/mol. The van der Waals surface area contributed by atoms with Crippen molar-refractivity contribution >= 4 is 40.4 Å². The Morgan fingerprint density at radius 2 is 2.20 bits per heavy atom. The number of aromatic nitrogens is 3. The Morgan fingerprint density at radius 3 is 2.86 bits per heavy atom. The molecule has 3 aliphatic heterocycles. The van der Waals surface area contributed by atoms with Crippen LogP contribution in [0, 0.1) is 5.82 Å². The minimum Gasteiger partial charge on any atom is -0.447 e. The van der Waals surface area contributed by atoms with Crippen molar-refractivity contribution in [2.24, 2.45) is 4.99 Å². The highest BCUT2D eigenvalue weighted by Crippen LogP contribution is 2.48. The number of fused-ring (bicyclic) bond motifs is 1. The third kappa shape index (κ3) is 3.67. The Morgan fingerprint density at radius 1 is 1.34 bits per heavy atom. The van der Waals surface area contributed by atoms with Gasteiger partial charge in [0.25, 0.3) is 0 Å². The predicted octanol–water partition coefficient (Wildman–Crippen LogP) is 4.62. The van der Waals surface area contributed by atoms with Gasteiger partial charge < -0.3 is 15.0 Å². The van der Waals surface area contributed by atoms with Gasteiger partial charge in [0, 0.05) is 41.0 Å². The summed E-state index contributed by atoms with van der Waals surface area (Å²) in [6.07, 6.45) is 4.05. The molecule has 180 valence electrons. The standard InChI is InChI=1S/C22H16ClF3N6O2S/c23-13-2-1-11(5-14(13)24)17-16(12-7-28-32(8-12)20(25)26)15-6-22(10-34-21(33)30-22)9-31(15)18(29-17)19-27-3-4-35-19/h1-5,7-8,17,20H,6,9-10H2,(H,30,33)/t17-,22+/m1/s1. The third-order valence-electron chi connectivity index (χ3n) is 6.23. The fraction of sp³-hybridized carbons (Fsp3) is 0.273. The molecule has 3 aromatic rings. The number of hydrogen-bond donors (Lipinski definition) is 1. The lowest BCUT2D eigenvalue weighted by atomic mass is 9.89. The lowest BCUT2D eigenvalue weighted by Gasteiger charge is -2.32. The van der Waals surface area contributed by atoms with Gasteiger partial charge in [0.05, 0.1) is 17.8 Å². The van der Waals surface area contributed by atoms with Crippen molar-refractivity contribution in [2.75, 3.05) is 13.2 Å². The molecular formula is C22H16ClF3N6O2S. The lowest BCUT2D eigenvalue weighted by molar-refractivity contribution is 0.0566. The van der Waals surface area contributed by atoms with Crippen LogP contribution in [0.4, 0.5) is 18.0 Å². The van der Waals surface area contributed by atoms with Crippen LogP contribution in [-0.4, -0.2) is 50.3 Å². The van der Waals surface area contributed by atoms with Crippen molar-refractivity contribution in [1.29, 1.82) is 0 Å². The molecule has 5 heterocycles. The van der Waals surface area contributed by atoms with Gasteiger partial charge >= 0.3 is 12.6 Å². The molecule has 0 bridgehead atoms. The molecule has 1 aromatic carbocycles. The summed E-state index contributed by atoms with van der Waals surface area (Å²) in [5.41, 5.74) is 1.49. The summed E-state index contributed by atoms with van der Waals surface area (Å²) in [7, 11) is 0. The number of ether oxygens (including phenoxy) is 1. The summed E-state index contributed by atoms with van der Waals surface area (Å²) >= 11 is 7.30.